The molecule has 1 atom stereocenters. The lowest BCUT2D eigenvalue weighted by atomic mass is 9.89. The van der Waals surface area contributed by atoms with Gasteiger partial charge in [0.05, 0.1) is 5.02 Å². The number of nitrogens with two attached hydrogens (primary N) is 1. The van der Waals surface area contributed by atoms with Gasteiger partial charge in [0.25, 0.3) is 0 Å². The van der Waals surface area contributed by atoms with Gasteiger partial charge < -0.3 is 11.1 Å². The lowest BCUT2D eigenvalue weighted by molar-refractivity contribution is 0.333. The molecule has 1 aliphatic rings. The Balaban J connectivity index is 1.98. The third-order valence-electron chi connectivity index (χ3n) is 3.42. The van der Waals surface area contributed by atoms with Crippen molar-refractivity contribution in [3.63, 3.8) is 0 Å². The summed E-state index contributed by atoms with van der Waals surface area (Å²) in [6.07, 6.45) is 3.29. The van der Waals surface area contributed by atoms with Crippen LogP contribution >= 0.6 is 11.6 Å². The fraction of sp³-hybridized carbons (Fsp3) is 0.538. The van der Waals surface area contributed by atoms with E-state index in [4.69, 9.17) is 17.3 Å². The zero-order chi connectivity index (χ0) is 12.3. The number of hydrogen-bond donors (Lipinski definition) is 2. The molecule has 2 rings (SSSR count). The largest absolute Gasteiger partial charge is 0.324 e. The lowest BCUT2D eigenvalue weighted by Crippen LogP contribution is -2.29. The summed E-state index contributed by atoms with van der Waals surface area (Å²) >= 11 is 5.76. The summed E-state index contributed by atoms with van der Waals surface area (Å²) < 4.78 is 13.0. The molecule has 0 radical (unpaired) electrons. The minimum absolute atomic E-state index is 0.0452. The number of hydrogen-bond acceptors (Lipinski definition) is 2. The molecule has 1 aliphatic heterocycles. The van der Waals surface area contributed by atoms with E-state index in [2.05, 4.69) is 5.32 Å². The Morgan fingerprint density at radius 3 is 2.76 bits per heavy atom. The molecule has 1 aromatic rings. The highest BCUT2D eigenvalue weighted by molar-refractivity contribution is 6.30. The molecule has 1 heterocycles. The molecule has 1 unspecified atom stereocenters. The summed E-state index contributed by atoms with van der Waals surface area (Å²) in [5, 5.41) is 3.49. The van der Waals surface area contributed by atoms with Crippen molar-refractivity contribution in [1.29, 1.82) is 0 Å². The second kappa shape index (κ2) is 5.80. The van der Waals surface area contributed by atoms with Crippen molar-refractivity contribution >= 4 is 11.6 Å². The first-order valence-corrected chi connectivity index (χ1v) is 6.46. The normalized spacial score (nSPS) is 19.2. The highest BCUT2D eigenvalue weighted by Crippen LogP contribution is 2.27. The summed E-state index contributed by atoms with van der Waals surface area (Å²) in [4.78, 5) is 0. The summed E-state index contributed by atoms with van der Waals surface area (Å²) in [5.41, 5.74) is 7.07. The van der Waals surface area contributed by atoms with E-state index in [-0.39, 0.29) is 16.9 Å². The van der Waals surface area contributed by atoms with Crippen molar-refractivity contribution < 1.29 is 4.39 Å². The van der Waals surface area contributed by atoms with E-state index in [1.807, 2.05) is 0 Å². The maximum atomic E-state index is 13.0. The number of nitrogens with one attached hydrogen (secondary N) is 1. The van der Waals surface area contributed by atoms with Gasteiger partial charge in [-0.25, -0.2) is 4.39 Å². The van der Waals surface area contributed by atoms with Gasteiger partial charge in [0.1, 0.15) is 5.82 Å². The van der Waals surface area contributed by atoms with Crippen LogP contribution in [0, 0.1) is 11.7 Å². The Kier molecular flexibility index (Phi) is 4.37. The maximum absolute atomic E-state index is 13.0. The minimum Gasteiger partial charge on any atom is -0.324 e. The van der Waals surface area contributed by atoms with Crippen molar-refractivity contribution in [2.24, 2.45) is 11.7 Å². The zero-order valence-electron chi connectivity index (χ0n) is 9.76. The van der Waals surface area contributed by atoms with E-state index >= 15 is 0 Å². The molecule has 17 heavy (non-hydrogen) atoms. The molecular formula is C13H18ClFN2. The fourth-order valence-electron chi connectivity index (χ4n) is 2.36. The molecule has 0 saturated carbocycles. The third-order valence-corrected chi connectivity index (χ3v) is 3.71. The quantitative estimate of drug-likeness (QED) is 0.873. The van der Waals surface area contributed by atoms with Gasteiger partial charge in [-0.2, -0.15) is 0 Å². The van der Waals surface area contributed by atoms with Crippen molar-refractivity contribution in [2.75, 3.05) is 13.1 Å². The van der Waals surface area contributed by atoms with Crippen LogP contribution in [-0.2, 0) is 0 Å². The summed E-state index contributed by atoms with van der Waals surface area (Å²) in [6, 6.07) is 4.71. The van der Waals surface area contributed by atoms with Gasteiger partial charge in [0, 0.05) is 6.04 Å². The molecule has 1 fully saturated rings. The second-order valence-corrected chi connectivity index (χ2v) is 5.12. The van der Waals surface area contributed by atoms with E-state index in [9.17, 15) is 4.39 Å². The maximum Gasteiger partial charge on any atom is 0.141 e. The molecule has 1 aromatic carbocycles. The van der Waals surface area contributed by atoms with Gasteiger partial charge in [-0.05, 0) is 56.0 Å². The van der Waals surface area contributed by atoms with Crippen LogP contribution in [0.3, 0.4) is 0 Å². The van der Waals surface area contributed by atoms with Crippen molar-refractivity contribution in [2.45, 2.75) is 25.3 Å². The topological polar surface area (TPSA) is 38.0 Å². The highest BCUT2D eigenvalue weighted by atomic mass is 35.5. The molecular weight excluding hydrogens is 239 g/mol. The van der Waals surface area contributed by atoms with E-state index in [1.165, 1.54) is 18.9 Å². The Labute approximate surface area is 106 Å². The fourth-order valence-corrected chi connectivity index (χ4v) is 2.54. The first-order valence-electron chi connectivity index (χ1n) is 6.08. The Bertz CT molecular complexity index is 378. The molecule has 0 bridgehead atoms. The van der Waals surface area contributed by atoms with Crippen LogP contribution in [0.1, 0.15) is 30.9 Å². The standard InChI is InChI=1S/C13H18ClFN2/c14-11-8-10(1-2-12(11)15)13(16)7-9-3-5-17-6-4-9/h1-2,8-9,13,17H,3-7,16H2. The van der Waals surface area contributed by atoms with E-state index < -0.39 is 0 Å². The third kappa shape index (κ3) is 3.41. The van der Waals surface area contributed by atoms with Gasteiger partial charge >= 0.3 is 0 Å². The van der Waals surface area contributed by atoms with Gasteiger partial charge in [-0.1, -0.05) is 17.7 Å². The smallest absolute Gasteiger partial charge is 0.141 e. The van der Waals surface area contributed by atoms with Crippen LogP contribution in [0.15, 0.2) is 18.2 Å². The van der Waals surface area contributed by atoms with E-state index in [1.54, 1.807) is 12.1 Å². The minimum atomic E-state index is -0.385. The summed E-state index contributed by atoms with van der Waals surface area (Å²) in [7, 11) is 0. The van der Waals surface area contributed by atoms with Crippen molar-refractivity contribution in [3.05, 3.63) is 34.6 Å². The number of piperidine rings is 1. The van der Waals surface area contributed by atoms with Crippen LogP contribution in [0.25, 0.3) is 0 Å². The molecule has 1 saturated heterocycles. The predicted octanol–water partition coefficient (Wildman–Crippen LogP) is 2.87. The molecule has 0 aliphatic carbocycles. The molecule has 4 heteroatoms. The Hall–Kier alpha value is -0.640. The predicted molar refractivity (Wildman–Crippen MR) is 68.5 cm³/mol. The van der Waals surface area contributed by atoms with Crippen LogP contribution in [0.4, 0.5) is 4.39 Å². The molecule has 0 aromatic heterocycles. The molecule has 0 amide bonds. The van der Waals surface area contributed by atoms with Crippen LogP contribution in [-0.4, -0.2) is 13.1 Å². The Morgan fingerprint density at radius 2 is 2.12 bits per heavy atom. The van der Waals surface area contributed by atoms with Gasteiger partial charge in [-0.15, -0.1) is 0 Å². The number of benzene rings is 1. The zero-order valence-corrected chi connectivity index (χ0v) is 10.5. The second-order valence-electron chi connectivity index (χ2n) is 4.71. The molecule has 2 nitrogen and oxygen atoms in total. The number of halogens is 2. The van der Waals surface area contributed by atoms with Crippen LogP contribution in [0.2, 0.25) is 5.02 Å². The monoisotopic (exact) mass is 256 g/mol. The lowest BCUT2D eigenvalue weighted by Gasteiger charge is -2.25. The number of rotatable bonds is 3. The van der Waals surface area contributed by atoms with Gasteiger partial charge in [-0.3, -0.25) is 0 Å². The SMILES string of the molecule is NC(CC1CCNCC1)c1ccc(F)c(Cl)c1. The molecule has 94 valence electrons. The first kappa shape index (κ1) is 12.8. The average Bonchev–Trinajstić information content (AvgIpc) is 2.34. The van der Waals surface area contributed by atoms with E-state index in [0.717, 1.165) is 25.1 Å². The summed E-state index contributed by atoms with van der Waals surface area (Å²) in [5.74, 6) is 0.277. The van der Waals surface area contributed by atoms with E-state index in [0.29, 0.717) is 5.92 Å². The molecule has 3 N–H and O–H groups in total. The Morgan fingerprint density at radius 1 is 1.41 bits per heavy atom. The van der Waals surface area contributed by atoms with Crippen molar-refractivity contribution in [1.82, 2.24) is 5.32 Å². The summed E-state index contributed by atoms with van der Waals surface area (Å²) in [6.45, 7) is 2.14. The van der Waals surface area contributed by atoms with Gasteiger partial charge in [0.15, 0.2) is 0 Å². The van der Waals surface area contributed by atoms with Gasteiger partial charge in [0.2, 0.25) is 0 Å². The van der Waals surface area contributed by atoms with Crippen LogP contribution in [0.5, 0.6) is 0 Å². The average molecular weight is 257 g/mol. The highest BCUT2D eigenvalue weighted by Gasteiger charge is 2.18. The molecule has 0 spiro atoms. The first-order chi connectivity index (χ1) is 8.16. The van der Waals surface area contributed by atoms with Crippen molar-refractivity contribution in [3.8, 4) is 0 Å². The van der Waals surface area contributed by atoms with Crippen LogP contribution < -0.4 is 11.1 Å².